The molecule has 0 radical (unpaired) electrons. The van der Waals surface area contributed by atoms with Crippen LogP contribution < -0.4 is 5.11 Å². The molecule has 86 valence electrons. The van der Waals surface area contributed by atoms with E-state index in [1.165, 1.54) is 0 Å². The molecule has 0 fully saturated rings. The standard InChI is InChI=1S/C10H18N2O3/c1-2-3-9-11-4-5-12(9,6-7-13)8-10(14)15/h13H,2-8H2,1H3. The van der Waals surface area contributed by atoms with Crippen molar-refractivity contribution < 1.29 is 19.5 Å². The van der Waals surface area contributed by atoms with Gasteiger partial charge in [0.2, 0.25) is 0 Å². The summed E-state index contributed by atoms with van der Waals surface area (Å²) < 4.78 is 0.284. The third-order valence-corrected chi connectivity index (χ3v) is 2.80. The number of nitrogens with zero attached hydrogens (tertiary/aromatic N) is 2. The van der Waals surface area contributed by atoms with Crippen LogP contribution in [-0.4, -0.2) is 54.2 Å². The van der Waals surface area contributed by atoms with Gasteiger partial charge in [-0.3, -0.25) is 4.48 Å². The number of aliphatic imine (C=N–C) groups is 1. The van der Waals surface area contributed by atoms with Gasteiger partial charge >= 0.3 is 0 Å². The molecule has 15 heavy (non-hydrogen) atoms. The number of quaternary nitrogens is 1. The first-order valence-electron chi connectivity index (χ1n) is 5.35. The van der Waals surface area contributed by atoms with Crippen molar-refractivity contribution in [3.63, 3.8) is 0 Å². The van der Waals surface area contributed by atoms with Crippen LogP contribution in [0.2, 0.25) is 0 Å². The van der Waals surface area contributed by atoms with Crippen LogP contribution in [0.3, 0.4) is 0 Å². The number of hydrogen-bond donors (Lipinski definition) is 1. The van der Waals surface area contributed by atoms with Gasteiger partial charge in [-0.05, 0) is 6.42 Å². The van der Waals surface area contributed by atoms with Gasteiger partial charge in [0, 0.05) is 6.42 Å². The number of hydrogen-bond acceptors (Lipinski definition) is 4. The highest BCUT2D eigenvalue weighted by Gasteiger charge is 2.36. The van der Waals surface area contributed by atoms with Gasteiger partial charge in [0.25, 0.3) is 0 Å². The fraction of sp³-hybridized carbons (Fsp3) is 0.800. The maximum atomic E-state index is 10.7. The van der Waals surface area contributed by atoms with E-state index in [2.05, 4.69) is 4.99 Å². The Morgan fingerprint density at radius 3 is 2.93 bits per heavy atom. The Balaban J connectivity index is 2.79. The Morgan fingerprint density at radius 2 is 2.40 bits per heavy atom. The van der Waals surface area contributed by atoms with Gasteiger partial charge in [-0.2, -0.15) is 0 Å². The molecule has 5 heteroatoms. The molecule has 1 aliphatic heterocycles. The van der Waals surface area contributed by atoms with E-state index in [1.54, 1.807) is 0 Å². The second-order valence-electron chi connectivity index (χ2n) is 3.89. The summed E-state index contributed by atoms with van der Waals surface area (Å²) in [5, 5.41) is 19.7. The van der Waals surface area contributed by atoms with Gasteiger partial charge in [-0.15, -0.1) is 0 Å². The molecule has 0 aromatic carbocycles. The molecule has 0 aliphatic carbocycles. The highest BCUT2D eigenvalue weighted by Crippen LogP contribution is 2.18. The van der Waals surface area contributed by atoms with Crippen LogP contribution in [-0.2, 0) is 4.79 Å². The van der Waals surface area contributed by atoms with Gasteiger partial charge in [-0.25, -0.2) is 4.99 Å². The number of carbonyl (C=O) groups is 1. The average molecular weight is 214 g/mol. The van der Waals surface area contributed by atoms with Gasteiger partial charge in [-0.1, -0.05) is 6.92 Å². The topological polar surface area (TPSA) is 72.7 Å². The molecule has 1 heterocycles. The monoisotopic (exact) mass is 214 g/mol. The van der Waals surface area contributed by atoms with Gasteiger partial charge in [0.1, 0.15) is 19.6 Å². The van der Waals surface area contributed by atoms with E-state index in [0.717, 1.165) is 18.7 Å². The molecule has 0 saturated heterocycles. The summed E-state index contributed by atoms with van der Waals surface area (Å²) in [6, 6.07) is 0. The van der Waals surface area contributed by atoms with Crippen molar-refractivity contribution in [1.82, 2.24) is 0 Å². The molecular formula is C10H18N2O3. The van der Waals surface area contributed by atoms with E-state index < -0.39 is 5.97 Å². The Bertz CT molecular complexity index is 265. The zero-order valence-electron chi connectivity index (χ0n) is 9.11. The lowest BCUT2D eigenvalue weighted by Gasteiger charge is -2.34. The molecule has 5 nitrogen and oxygen atoms in total. The van der Waals surface area contributed by atoms with E-state index in [9.17, 15) is 9.90 Å². The Labute approximate surface area is 89.6 Å². The summed E-state index contributed by atoms with van der Waals surface area (Å²) in [5.74, 6) is -0.176. The predicted octanol–water partition coefficient (Wildman–Crippen LogP) is -1.24. The highest BCUT2D eigenvalue weighted by molar-refractivity contribution is 5.79. The summed E-state index contributed by atoms with van der Waals surface area (Å²) in [6.45, 7) is 3.70. The maximum absolute atomic E-state index is 10.7. The normalized spacial score (nSPS) is 25.3. The highest BCUT2D eigenvalue weighted by atomic mass is 16.4. The molecule has 0 saturated carbocycles. The molecule has 0 spiro atoms. The molecule has 1 unspecified atom stereocenters. The minimum Gasteiger partial charge on any atom is -0.544 e. The smallest absolute Gasteiger partial charge is 0.198 e. The van der Waals surface area contributed by atoms with Crippen molar-refractivity contribution in [3.8, 4) is 0 Å². The van der Waals surface area contributed by atoms with Gasteiger partial charge in [0.05, 0.1) is 19.1 Å². The largest absolute Gasteiger partial charge is 0.544 e. The van der Waals surface area contributed by atoms with Crippen molar-refractivity contribution in [1.29, 1.82) is 0 Å². The van der Waals surface area contributed by atoms with Crippen LogP contribution in [0, 0.1) is 0 Å². The number of carboxylic acids is 1. The molecule has 0 aromatic heterocycles. The molecule has 1 N–H and O–H groups in total. The first kappa shape index (κ1) is 12.1. The van der Waals surface area contributed by atoms with Crippen LogP contribution >= 0.6 is 0 Å². The minimum atomic E-state index is -1.07. The predicted molar refractivity (Wildman–Crippen MR) is 54.2 cm³/mol. The Hall–Kier alpha value is -0.940. The zero-order valence-corrected chi connectivity index (χ0v) is 9.11. The van der Waals surface area contributed by atoms with E-state index in [4.69, 9.17) is 5.11 Å². The number of aliphatic hydroxyl groups is 1. The first-order valence-corrected chi connectivity index (χ1v) is 5.35. The second kappa shape index (κ2) is 5.23. The lowest BCUT2D eigenvalue weighted by atomic mass is 10.2. The van der Waals surface area contributed by atoms with Gasteiger partial charge < -0.3 is 15.0 Å². The van der Waals surface area contributed by atoms with Crippen LogP contribution in [0.4, 0.5) is 0 Å². The Morgan fingerprint density at radius 1 is 1.67 bits per heavy atom. The van der Waals surface area contributed by atoms with E-state index in [1.807, 2.05) is 6.92 Å². The molecular weight excluding hydrogens is 196 g/mol. The summed E-state index contributed by atoms with van der Waals surface area (Å²) in [5.41, 5.74) is 0. The molecule has 0 amide bonds. The maximum Gasteiger partial charge on any atom is 0.198 e. The fourth-order valence-electron chi connectivity index (χ4n) is 2.12. The third-order valence-electron chi connectivity index (χ3n) is 2.80. The molecule has 1 aliphatic rings. The fourth-order valence-corrected chi connectivity index (χ4v) is 2.12. The van der Waals surface area contributed by atoms with Crippen molar-refractivity contribution in [2.45, 2.75) is 19.8 Å². The lowest BCUT2D eigenvalue weighted by molar-refractivity contribution is -0.831. The summed E-state index contributed by atoms with van der Waals surface area (Å²) in [6.07, 6.45) is 1.74. The van der Waals surface area contributed by atoms with Crippen molar-refractivity contribution in [3.05, 3.63) is 0 Å². The average Bonchev–Trinajstić information content (AvgIpc) is 2.49. The van der Waals surface area contributed by atoms with Gasteiger partial charge in [0.15, 0.2) is 5.84 Å². The molecule has 1 atom stereocenters. The van der Waals surface area contributed by atoms with Crippen LogP contribution in [0.1, 0.15) is 19.8 Å². The number of amidine groups is 1. The SMILES string of the molecule is CCCC1=NCC[N+]1(CCO)CC(=O)[O-]. The first-order chi connectivity index (χ1) is 7.14. The number of aliphatic carboxylic acids is 1. The molecule has 0 aromatic rings. The van der Waals surface area contributed by atoms with E-state index in [0.29, 0.717) is 19.6 Å². The van der Waals surface area contributed by atoms with Crippen molar-refractivity contribution >= 4 is 11.8 Å². The summed E-state index contributed by atoms with van der Waals surface area (Å²) in [4.78, 5) is 15.1. The number of carbonyl (C=O) groups excluding carboxylic acids is 1. The number of carboxylic acid groups (broad SMARTS) is 1. The van der Waals surface area contributed by atoms with E-state index in [-0.39, 0.29) is 17.6 Å². The molecule has 1 rings (SSSR count). The van der Waals surface area contributed by atoms with Crippen molar-refractivity contribution in [2.24, 2.45) is 4.99 Å². The summed E-state index contributed by atoms with van der Waals surface area (Å²) in [7, 11) is 0. The number of rotatable bonds is 6. The minimum absolute atomic E-state index is 0.0178. The molecule has 0 bridgehead atoms. The van der Waals surface area contributed by atoms with Crippen molar-refractivity contribution in [2.75, 3.05) is 32.8 Å². The second-order valence-corrected chi connectivity index (χ2v) is 3.89. The van der Waals surface area contributed by atoms with Crippen LogP contribution in [0.25, 0.3) is 0 Å². The quantitative estimate of drug-likeness (QED) is 0.562. The Kier molecular flexibility index (Phi) is 4.23. The van der Waals surface area contributed by atoms with Crippen LogP contribution in [0.5, 0.6) is 0 Å². The lowest BCUT2D eigenvalue weighted by Crippen LogP contribution is -2.57. The third kappa shape index (κ3) is 2.76. The summed E-state index contributed by atoms with van der Waals surface area (Å²) >= 11 is 0. The van der Waals surface area contributed by atoms with Crippen LogP contribution in [0.15, 0.2) is 4.99 Å². The number of aliphatic hydroxyl groups excluding tert-OH is 1. The zero-order chi connectivity index (χ0) is 11.3. The van der Waals surface area contributed by atoms with E-state index >= 15 is 0 Å².